The van der Waals surface area contributed by atoms with Crippen LogP contribution in [-0.4, -0.2) is 43.4 Å². The predicted octanol–water partition coefficient (Wildman–Crippen LogP) is 5.98. The van der Waals surface area contributed by atoms with Crippen molar-refractivity contribution in [3.8, 4) is 16.9 Å². The van der Waals surface area contributed by atoms with Gasteiger partial charge in [0.25, 0.3) is 0 Å². The highest BCUT2D eigenvalue weighted by Gasteiger charge is 2.72. The number of ketones is 3. The van der Waals surface area contributed by atoms with E-state index in [9.17, 15) is 34.8 Å². The number of aliphatic hydroxyl groups excluding tert-OH is 2. The van der Waals surface area contributed by atoms with Crippen molar-refractivity contribution in [1.82, 2.24) is 0 Å². The number of carbonyl (C=O) groups is 3. The normalized spacial score (nSPS) is 29.0. The van der Waals surface area contributed by atoms with Crippen molar-refractivity contribution in [2.75, 3.05) is 0 Å². The Labute approximate surface area is 246 Å². The molecule has 5 rings (SSSR count). The lowest BCUT2D eigenvalue weighted by Crippen LogP contribution is -2.69. The number of fused-ring (bicyclic) bond motifs is 3. The van der Waals surface area contributed by atoms with Gasteiger partial charge in [-0.1, -0.05) is 65.8 Å². The number of carbonyl (C=O) groups excluding carboxylic acids is 3. The fraction of sp³-hybridized carbons (Fsp3) is 0.457. The van der Waals surface area contributed by atoms with E-state index in [1.807, 2.05) is 19.1 Å². The molecule has 1 fully saturated rings. The Morgan fingerprint density at radius 1 is 1.00 bits per heavy atom. The third-order valence-electron chi connectivity index (χ3n) is 10.2. The standard InChI is InChI=1S/C35H40O7/c1-8-19-10-11-21(14-20(19)9-2)22-12-13-24(37)26-23(22)15-33(6)16-34(7)27(17(3)4)29(38)25(18(5)36)31(40)35(34,42)32(41)28(33)30(26)39/h10-14,17,27,37,39-40,42H,8-9,15-16H2,1-7H3/t27?,33-,34-,35+/m1/s1. The number of phenols is 1. The largest absolute Gasteiger partial charge is 0.508 e. The van der Waals surface area contributed by atoms with Gasteiger partial charge in [-0.2, -0.15) is 0 Å². The molecule has 1 unspecified atom stereocenters. The first kappa shape index (κ1) is 29.8. The van der Waals surface area contributed by atoms with Crippen LogP contribution in [0.1, 0.15) is 77.1 Å². The second-order valence-electron chi connectivity index (χ2n) is 13.1. The summed E-state index contributed by atoms with van der Waals surface area (Å²) < 4.78 is 0. The van der Waals surface area contributed by atoms with Crippen molar-refractivity contribution in [3.63, 3.8) is 0 Å². The summed E-state index contributed by atoms with van der Waals surface area (Å²) in [6.45, 7) is 12.3. The van der Waals surface area contributed by atoms with Crippen molar-refractivity contribution in [2.45, 2.75) is 79.8 Å². The molecule has 0 aliphatic heterocycles. The van der Waals surface area contributed by atoms with Crippen LogP contribution >= 0.6 is 0 Å². The molecule has 2 aromatic carbocycles. The predicted molar refractivity (Wildman–Crippen MR) is 160 cm³/mol. The van der Waals surface area contributed by atoms with Crippen LogP contribution in [0.25, 0.3) is 16.9 Å². The van der Waals surface area contributed by atoms with E-state index in [-0.39, 0.29) is 35.6 Å². The van der Waals surface area contributed by atoms with Crippen molar-refractivity contribution in [3.05, 3.63) is 69.5 Å². The van der Waals surface area contributed by atoms with Crippen molar-refractivity contribution >= 4 is 23.1 Å². The lowest BCUT2D eigenvalue weighted by atomic mass is 9.43. The minimum atomic E-state index is -2.61. The molecule has 0 saturated heterocycles. The quantitative estimate of drug-likeness (QED) is 0.324. The summed E-state index contributed by atoms with van der Waals surface area (Å²) in [6, 6.07) is 9.53. The molecule has 0 amide bonds. The highest BCUT2D eigenvalue weighted by Crippen LogP contribution is 2.65. The Morgan fingerprint density at radius 3 is 2.21 bits per heavy atom. The lowest BCUT2D eigenvalue weighted by molar-refractivity contribution is -0.178. The molecule has 4 N–H and O–H groups in total. The highest BCUT2D eigenvalue weighted by molar-refractivity contribution is 6.24. The van der Waals surface area contributed by atoms with Crippen LogP contribution in [-0.2, 0) is 33.6 Å². The second-order valence-corrected chi connectivity index (χ2v) is 13.1. The highest BCUT2D eigenvalue weighted by atomic mass is 16.3. The average Bonchev–Trinajstić information content (AvgIpc) is 2.90. The molecule has 7 heteroatoms. The van der Waals surface area contributed by atoms with Gasteiger partial charge < -0.3 is 20.4 Å². The molecule has 7 nitrogen and oxygen atoms in total. The number of aromatic hydroxyl groups is 1. The zero-order valence-corrected chi connectivity index (χ0v) is 25.4. The topological polar surface area (TPSA) is 132 Å². The second kappa shape index (κ2) is 9.66. The summed E-state index contributed by atoms with van der Waals surface area (Å²) in [5, 5.41) is 46.3. The molecular formula is C35H40O7. The molecule has 3 aliphatic carbocycles. The Balaban J connectivity index is 1.80. The van der Waals surface area contributed by atoms with Gasteiger partial charge in [0.1, 0.15) is 22.8 Å². The monoisotopic (exact) mass is 572 g/mol. The summed E-state index contributed by atoms with van der Waals surface area (Å²) in [7, 11) is 0. The number of rotatable bonds is 5. The van der Waals surface area contributed by atoms with Crippen LogP contribution in [0.5, 0.6) is 5.75 Å². The summed E-state index contributed by atoms with van der Waals surface area (Å²) in [4.78, 5) is 40.7. The number of allylic oxidation sites excluding steroid dienone is 1. The van der Waals surface area contributed by atoms with Gasteiger partial charge in [-0.15, -0.1) is 0 Å². The zero-order valence-electron chi connectivity index (χ0n) is 25.4. The Bertz CT molecular complexity index is 1630. The van der Waals surface area contributed by atoms with E-state index in [1.54, 1.807) is 20.8 Å². The Kier molecular flexibility index (Phi) is 6.85. The minimum Gasteiger partial charge on any atom is -0.508 e. The number of benzene rings is 2. The molecule has 0 bridgehead atoms. The zero-order chi connectivity index (χ0) is 31.1. The van der Waals surface area contributed by atoms with Crippen LogP contribution in [0.3, 0.4) is 0 Å². The van der Waals surface area contributed by atoms with Crippen molar-refractivity contribution in [1.29, 1.82) is 0 Å². The van der Waals surface area contributed by atoms with Crippen LogP contribution in [0, 0.1) is 22.7 Å². The third-order valence-corrected chi connectivity index (χ3v) is 10.2. The van der Waals surface area contributed by atoms with Crippen molar-refractivity contribution < 1.29 is 34.8 Å². The van der Waals surface area contributed by atoms with Gasteiger partial charge in [0, 0.05) is 22.3 Å². The van der Waals surface area contributed by atoms with Crippen LogP contribution in [0.4, 0.5) is 0 Å². The van der Waals surface area contributed by atoms with Gasteiger partial charge in [0.15, 0.2) is 17.2 Å². The number of Topliss-reactive ketones (excluding diaryl/α,β-unsaturated/α-hetero) is 3. The van der Waals surface area contributed by atoms with E-state index in [2.05, 4.69) is 26.0 Å². The van der Waals surface area contributed by atoms with Crippen LogP contribution in [0.2, 0.25) is 0 Å². The van der Waals surface area contributed by atoms with E-state index in [1.165, 1.54) is 17.2 Å². The first-order valence-corrected chi connectivity index (χ1v) is 14.8. The maximum Gasteiger partial charge on any atom is 0.203 e. The molecule has 42 heavy (non-hydrogen) atoms. The SMILES string of the molecule is CCc1ccc(-c2ccc(O)c3c2C[C@]2(C)C[C@]4(C)C(C(C)C)C(=O)C(C(C)=O)=C(O)[C@]4(O)C(=O)C2=C3O)cc1CC. The Hall–Kier alpha value is -3.71. The molecule has 1 saturated carbocycles. The van der Waals surface area contributed by atoms with E-state index in [4.69, 9.17) is 0 Å². The number of hydrogen-bond acceptors (Lipinski definition) is 7. The molecule has 0 heterocycles. The van der Waals surface area contributed by atoms with E-state index < -0.39 is 56.8 Å². The van der Waals surface area contributed by atoms with Gasteiger partial charge in [0.05, 0.1) is 5.56 Å². The van der Waals surface area contributed by atoms with Gasteiger partial charge in [-0.25, -0.2) is 0 Å². The molecule has 4 atom stereocenters. The third kappa shape index (κ3) is 3.72. The average molecular weight is 573 g/mol. The van der Waals surface area contributed by atoms with E-state index in [0.29, 0.717) is 5.56 Å². The van der Waals surface area contributed by atoms with E-state index >= 15 is 0 Å². The molecule has 3 aliphatic rings. The summed E-state index contributed by atoms with van der Waals surface area (Å²) in [5.41, 5.74) is -0.893. The first-order valence-electron chi connectivity index (χ1n) is 14.8. The van der Waals surface area contributed by atoms with E-state index in [0.717, 1.165) is 30.9 Å². The van der Waals surface area contributed by atoms with Crippen LogP contribution < -0.4 is 0 Å². The molecule has 0 aromatic heterocycles. The van der Waals surface area contributed by atoms with Crippen LogP contribution in [0.15, 0.2) is 47.2 Å². The molecule has 222 valence electrons. The van der Waals surface area contributed by atoms with Gasteiger partial charge in [0.2, 0.25) is 5.78 Å². The maximum absolute atomic E-state index is 14.5. The Morgan fingerprint density at radius 2 is 1.64 bits per heavy atom. The molecule has 2 aromatic rings. The summed E-state index contributed by atoms with van der Waals surface area (Å²) in [6.07, 6.45) is 2.05. The number of aliphatic hydroxyl groups is 3. The fourth-order valence-electron chi connectivity index (χ4n) is 8.46. The maximum atomic E-state index is 14.5. The van der Waals surface area contributed by atoms with Gasteiger partial charge >= 0.3 is 0 Å². The van der Waals surface area contributed by atoms with Crippen molar-refractivity contribution in [2.24, 2.45) is 22.7 Å². The smallest absolute Gasteiger partial charge is 0.203 e. The fourth-order valence-corrected chi connectivity index (χ4v) is 8.46. The summed E-state index contributed by atoms with van der Waals surface area (Å²) in [5.74, 6) is -5.23. The van der Waals surface area contributed by atoms with Gasteiger partial charge in [-0.05, 0) is 72.4 Å². The minimum absolute atomic E-state index is 0.0645. The lowest BCUT2D eigenvalue weighted by Gasteiger charge is -2.59. The van der Waals surface area contributed by atoms with Gasteiger partial charge in [-0.3, -0.25) is 14.4 Å². The molecule has 0 radical (unpaired) electrons. The number of aryl methyl sites for hydroxylation is 2. The number of phenolic OH excluding ortho intramolecular Hbond substituents is 1. The summed E-state index contributed by atoms with van der Waals surface area (Å²) >= 11 is 0. The number of hydrogen-bond donors (Lipinski definition) is 4. The molecular weight excluding hydrogens is 532 g/mol. The first-order chi connectivity index (χ1) is 19.6. The molecule has 0 spiro atoms.